The largest absolute Gasteiger partial charge is 0.357 e. The average molecular weight is 242 g/mol. The van der Waals surface area contributed by atoms with Crippen LogP contribution in [0, 0.1) is 0 Å². The first-order valence-corrected chi connectivity index (χ1v) is 5.39. The van der Waals surface area contributed by atoms with Crippen molar-refractivity contribution >= 4 is 34.1 Å². The van der Waals surface area contributed by atoms with Crippen molar-refractivity contribution in [2.75, 3.05) is 0 Å². The van der Waals surface area contributed by atoms with Gasteiger partial charge in [0.15, 0.2) is 5.43 Å². The van der Waals surface area contributed by atoms with Gasteiger partial charge in [-0.25, -0.2) is 0 Å². The Morgan fingerprint density at radius 2 is 2.07 bits per heavy atom. The lowest BCUT2D eigenvalue weighted by molar-refractivity contribution is 1.05. The average Bonchev–Trinajstić information content (AvgIpc) is 2.23. The molecule has 1 aromatic heterocycles. The molecule has 0 amide bonds. The summed E-state index contributed by atoms with van der Waals surface area (Å²) >= 11 is 11.9. The third-order valence-corrected chi connectivity index (χ3v) is 3.14. The first-order valence-electron chi connectivity index (χ1n) is 4.63. The van der Waals surface area contributed by atoms with Gasteiger partial charge in [-0.2, -0.15) is 0 Å². The van der Waals surface area contributed by atoms with Gasteiger partial charge < -0.3 is 4.98 Å². The maximum absolute atomic E-state index is 11.7. The van der Waals surface area contributed by atoms with Gasteiger partial charge in [0.25, 0.3) is 0 Å². The summed E-state index contributed by atoms with van der Waals surface area (Å²) in [6, 6.07) is 4.90. The van der Waals surface area contributed by atoms with Crippen LogP contribution in [0.3, 0.4) is 0 Å². The molecule has 0 unspecified atom stereocenters. The summed E-state index contributed by atoms with van der Waals surface area (Å²) in [6.45, 7) is 1.97. The number of hydrogen-bond donors (Lipinski definition) is 1. The van der Waals surface area contributed by atoms with Gasteiger partial charge in [0.2, 0.25) is 0 Å². The van der Waals surface area contributed by atoms with Crippen molar-refractivity contribution in [1.82, 2.24) is 4.98 Å². The van der Waals surface area contributed by atoms with Crippen LogP contribution in [0.25, 0.3) is 10.9 Å². The van der Waals surface area contributed by atoms with E-state index in [0.29, 0.717) is 20.9 Å². The second-order valence-electron chi connectivity index (χ2n) is 3.30. The number of H-pyrrole nitrogens is 1. The van der Waals surface area contributed by atoms with Crippen molar-refractivity contribution < 1.29 is 0 Å². The summed E-state index contributed by atoms with van der Waals surface area (Å²) in [6.07, 6.45) is 0.758. The molecule has 1 N–H and O–H groups in total. The second-order valence-corrected chi connectivity index (χ2v) is 4.08. The van der Waals surface area contributed by atoms with E-state index in [9.17, 15) is 4.79 Å². The fourth-order valence-electron chi connectivity index (χ4n) is 1.50. The molecule has 0 saturated carbocycles. The van der Waals surface area contributed by atoms with Crippen molar-refractivity contribution in [2.24, 2.45) is 0 Å². The topological polar surface area (TPSA) is 32.9 Å². The zero-order chi connectivity index (χ0) is 11.0. The standard InChI is InChI=1S/C11H9Cl2NO/c1-2-6-5-9(15)7-3-4-8(12)10(13)11(7)14-6/h3-5H,2H2,1H3,(H,14,15). The zero-order valence-electron chi connectivity index (χ0n) is 8.10. The van der Waals surface area contributed by atoms with Gasteiger partial charge in [-0.05, 0) is 18.6 Å². The summed E-state index contributed by atoms with van der Waals surface area (Å²) in [5.41, 5.74) is 1.45. The van der Waals surface area contributed by atoms with Gasteiger partial charge in [0.05, 0.1) is 15.6 Å². The van der Waals surface area contributed by atoms with Gasteiger partial charge in [-0.15, -0.1) is 0 Å². The van der Waals surface area contributed by atoms with E-state index in [1.165, 1.54) is 0 Å². The Hall–Kier alpha value is -0.990. The van der Waals surface area contributed by atoms with Gasteiger partial charge in [0, 0.05) is 17.1 Å². The molecule has 2 nitrogen and oxygen atoms in total. The van der Waals surface area contributed by atoms with E-state index in [2.05, 4.69) is 4.98 Å². The monoisotopic (exact) mass is 241 g/mol. The summed E-state index contributed by atoms with van der Waals surface area (Å²) in [5.74, 6) is 0. The first-order chi connectivity index (χ1) is 7.13. The maximum Gasteiger partial charge on any atom is 0.189 e. The number of aromatic nitrogens is 1. The molecule has 78 valence electrons. The molecule has 0 aliphatic heterocycles. The lowest BCUT2D eigenvalue weighted by Crippen LogP contribution is -2.04. The smallest absolute Gasteiger partial charge is 0.189 e. The van der Waals surface area contributed by atoms with E-state index >= 15 is 0 Å². The number of fused-ring (bicyclic) bond motifs is 1. The molecule has 2 aromatic rings. The van der Waals surface area contributed by atoms with Crippen LogP contribution in [0.2, 0.25) is 10.0 Å². The molecule has 4 heteroatoms. The minimum Gasteiger partial charge on any atom is -0.357 e. The normalized spacial score (nSPS) is 10.9. The molecular formula is C11H9Cl2NO. The molecule has 0 atom stereocenters. The highest BCUT2D eigenvalue weighted by Crippen LogP contribution is 2.27. The Labute approximate surface area is 96.8 Å². The SMILES string of the molecule is CCc1cc(=O)c2ccc(Cl)c(Cl)c2[nH]1. The highest BCUT2D eigenvalue weighted by molar-refractivity contribution is 6.44. The Kier molecular flexibility index (Phi) is 2.72. The maximum atomic E-state index is 11.7. The predicted molar refractivity (Wildman–Crippen MR) is 64.0 cm³/mol. The fraction of sp³-hybridized carbons (Fsp3) is 0.182. The van der Waals surface area contributed by atoms with Gasteiger partial charge in [-0.1, -0.05) is 30.1 Å². The van der Waals surface area contributed by atoms with Crippen molar-refractivity contribution in [3.8, 4) is 0 Å². The number of aryl methyl sites for hydroxylation is 1. The van der Waals surface area contributed by atoms with E-state index in [4.69, 9.17) is 23.2 Å². The highest BCUT2D eigenvalue weighted by atomic mass is 35.5. The molecule has 0 aliphatic carbocycles. The molecule has 0 fully saturated rings. The van der Waals surface area contributed by atoms with E-state index in [1.54, 1.807) is 18.2 Å². The van der Waals surface area contributed by atoms with Crippen molar-refractivity contribution in [1.29, 1.82) is 0 Å². The van der Waals surface area contributed by atoms with Crippen molar-refractivity contribution in [2.45, 2.75) is 13.3 Å². The van der Waals surface area contributed by atoms with Crippen LogP contribution in [0.15, 0.2) is 23.0 Å². The van der Waals surface area contributed by atoms with Crippen LogP contribution in [0.5, 0.6) is 0 Å². The molecular weight excluding hydrogens is 233 g/mol. The molecule has 0 radical (unpaired) electrons. The molecule has 0 bridgehead atoms. The lowest BCUT2D eigenvalue weighted by atomic mass is 10.2. The Balaban J connectivity index is 2.93. The minimum absolute atomic E-state index is 0.0285. The summed E-state index contributed by atoms with van der Waals surface area (Å²) in [5, 5.41) is 1.43. The summed E-state index contributed by atoms with van der Waals surface area (Å²) in [7, 11) is 0. The van der Waals surface area contributed by atoms with E-state index < -0.39 is 0 Å². The molecule has 0 aliphatic rings. The third-order valence-electron chi connectivity index (χ3n) is 2.33. The predicted octanol–water partition coefficient (Wildman–Crippen LogP) is 3.40. The second kappa shape index (κ2) is 3.87. The van der Waals surface area contributed by atoms with Crippen molar-refractivity contribution in [3.05, 3.63) is 44.2 Å². The number of nitrogens with one attached hydrogen (secondary N) is 1. The number of halogens is 2. The van der Waals surface area contributed by atoms with Crippen LogP contribution < -0.4 is 5.43 Å². The number of rotatable bonds is 1. The lowest BCUT2D eigenvalue weighted by Gasteiger charge is -2.04. The van der Waals surface area contributed by atoms with Crippen molar-refractivity contribution in [3.63, 3.8) is 0 Å². The number of pyridine rings is 1. The summed E-state index contributed by atoms with van der Waals surface area (Å²) in [4.78, 5) is 14.8. The number of benzene rings is 1. The minimum atomic E-state index is -0.0285. The third kappa shape index (κ3) is 1.75. The molecule has 15 heavy (non-hydrogen) atoms. The fourth-order valence-corrected chi connectivity index (χ4v) is 1.87. The number of hydrogen-bond acceptors (Lipinski definition) is 1. The Morgan fingerprint density at radius 1 is 1.33 bits per heavy atom. The molecule has 1 heterocycles. The molecule has 0 saturated heterocycles. The van der Waals surface area contributed by atoms with Gasteiger partial charge in [-0.3, -0.25) is 4.79 Å². The highest BCUT2D eigenvalue weighted by Gasteiger charge is 2.07. The van der Waals surface area contributed by atoms with Crippen LogP contribution in [0.1, 0.15) is 12.6 Å². The van der Waals surface area contributed by atoms with E-state index in [-0.39, 0.29) is 5.43 Å². The van der Waals surface area contributed by atoms with E-state index in [0.717, 1.165) is 12.1 Å². The molecule has 1 aromatic carbocycles. The van der Waals surface area contributed by atoms with Crippen LogP contribution in [-0.4, -0.2) is 4.98 Å². The molecule has 0 spiro atoms. The molecule has 2 rings (SSSR count). The van der Waals surface area contributed by atoms with Gasteiger partial charge >= 0.3 is 0 Å². The Bertz CT molecular complexity index is 575. The van der Waals surface area contributed by atoms with E-state index in [1.807, 2.05) is 6.92 Å². The Morgan fingerprint density at radius 3 is 2.73 bits per heavy atom. The first kappa shape index (κ1) is 10.5. The summed E-state index contributed by atoms with van der Waals surface area (Å²) < 4.78 is 0. The van der Waals surface area contributed by atoms with Gasteiger partial charge in [0.1, 0.15) is 0 Å². The van der Waals surface area contributed by atoms with Crippen LogP contribution in [0.4, 0.5) is 0 Å². The van der Waals surface area contributed by atoms with Crippen LogP contribution in [-0.2, 0) is 6.42 Å². The zero-order valence-corrected chi connectivity index (χ0v) is 9.62. The number of aromatic amines is 1. The quantitative estimate of drug-likeness (QED) is 0.816. The van der Waals surface area contributed by atoms with Crippen LogP contribution >= 0.6 is 23.2 Å².